The molecule has 10 heavy (non-hydrogen) atoms. The fraction of sp³-hybridized carbons (Fsp3) is 0.167. The second-order valence-corrected chi connectivity index (χ2v) is 1.85. The summed E-state index contributed by atoms with van der Waals surface area (Å²) in [4.78, 5) is 11.8. The molecule has 0 unspecified atom stereocenters. The van der Waals surface area contributed by atoms with Crippen LogP contribution >= 0.6 is 0 Å². The zero-order valence-electron chi connectivity index (χ0n) is 5.53. The van der Waals surface area contributed by atoms with E-state index in [1.54, 1.807) is 17.4 Å². The molecule has 0 aromatic heterocycles. The molecule has 0 aromatic rings. The van der Waals surface area contributed by atoms with Gasteiger partial charge in [-0.15, -0.1) is 0 Å². The number of hydrogen-bond donors (Lipinski definition) is 1. The third kappa shape index (κ3) is 1.28. The summed E-state index contributed by atoms with van der Waals surface area (Å²) >= 11 is 0. The normalized spacial score (nSPS) is 15.6. The van der Waals surface area contributed by atoms with E-state index >= 15 is 0 Å². The van der Waals surface area contributed by atoms with Crippen LogP contribution in [0.5, 0.6) is 0 Å². The van der Waals surface area contributed by atoms with E-state index in [4.69, 9.17) is 0 Å². The third-order valence-corrected chi connectivity index (χ3v) is 1.21. The van der Waals surface area contributed by atoms with Crippen molar-refractivity contribution in [1.82, 2.24) is 15.3 Å². The molecule has 0 aliphatic carbocycles. The van der Waals surface area contributed by atoms with Crippen molar-refractivity contribution in [2.45, 2.75) is 0 Å². The first-order chi connectivity index (χ1) is 4.86. The number of amides is 1. The van der Waals surface area contributed by atoms with Crippen LogP contribution in [-0.2, 0) is 4.79 Å². The predicted molar refractivity (Wildman–Crippen MR) is 37.1 cm³/mol. The van der Waals surface area contributed by atoms with E-state index < -0.39 is 0 Å². The second kappa shape index (κ2) is 2.91. The van der Waals surface area contributed by atoms with Crippen molar-refractivity contribution in [2.24, 2.45) is 0 Å². The van der Waals surface area contributed by atoms with E-state index in [9.17, 15) is 4.79 Å². The molecule has 0 radical (unpaired) electrons. The van der Waals surface area contributed by atoms with Crippen LogP contribution in [0.15, 0.2) is 25.2 Å². The minimum Gasteiger partial charge on any atom is -0.334 e. The number of carbonyl (C=O) groups is 1. The Morgan fingerprint density at radius 3 is 2.90 bits per heavy atom. The van der Waals surface area contributed by atoms with E-state index in [2.05, 4.69) is 12.0 Å². The van der Waals surface area contributed by atoms with Crippen molar-refractivity contribution in [3.8, 4) is 0 Å². The smallest absolute Gasteiger partial charge is 0.225 e. The summed E-state index contributed by atoms with van der Waals surface area (Å²) in [7, 11) is 0. The zero-order valence-corrected chi connectivity index (χ0v) is 5.53. The van der Waals surface area contributed by atoms with Crippen molar-refractivity contribution < 1.29 is 4.79 Å². The van der Waals surface area contributed by atoms with Crippen molar-refractivity contribution in [2.75, 3.05) is 6.67 Å². The first-order valence-corrected chi connectivity index (χ1v) is 2.90. The van der Waals surface area contributed by atoms with Crippen molar-refractivity contribution >= 4 is 6.41 Å². The van der Waals surface area contributed by atoms with Gasteiger partial charge in [-0.25, -0.2) is 0 Å². The van der Waals surface area contributed by atoms with Crippen LogP contribution in [0.25, 0.3) is 0 Å². The average Bonchev–Trinajstić information content (AvgIpc) is 2.37. The van der Waals surface area contributed by atoms with Gasteiger partial charge in [0.2, 0.25) is 6.41 Å². The molecule has 1 N–H and O–H groups in total. The van der Waals surface area contributed by atoms with Crippen LogP contribution < -0.4 is 5.43 Å². The van der Waals surface area contributed by atoms with Crippen LogP contribution in [0.2, 0.25) is 0 Å². The Bertz CT molecular complexity index is 166. The van der Waals surface area contributed by atoms with Gasteiger partial charge in [-0.1, -0.05) is 6.58 Å². The molecule has 1 aliphatic rings. The summed E-state index contributed by atoms with van der Waals surface area (Å²) in [6.45, 7) is 4.20. The molecule has 0 aromatic carbocycles. The Morgan fingerprint density at radius 2 is 2.40 bits per heavy atom. The SMILES string of the molecule is C=CN1C=CN(NC=O)C1. The lowest BCUT2D eigenvalue weighted by atomic mass is 10.8. The van der Waals surface area contributed by atoms with Gasteiger partial charge in [0.15, 0.2) is 0 Å². The fourth-order valence-corrected chi connectivity index (χ4v) is 0.706. The van der Waals surface area contributed by atoms with Crippen LogP contribution in [0.4, 0.5) is 0 Å². The highest BCUT2D eigenvalue weighted by Crippen LogP contribution is 2.01. The first-order valence-electron chi connectivity index (χ1n) is 2.90. The van der Waals surface area contributed by atoms with Crippen LogP contribution in [-0.4, -0.2) is 23.0 Å². The summed E-state index contributed by atoms with van der Waals surface area (Å²) in [5, 5.41) is 1.65. The van der Waals surface area contributed by atoms with Gasteiger partial charge in [0.05, 0.1) is 0 Å². The molecular formula is C6H9N3O. The Balaban J connectivity index is 2.36. The summed E-state index contributed by atoms with van der Waals surface area (Å²) < 4.78 is 0. The minimum atomic E-state index is 0.627. The molecule has 0 fully saturated rings. The Labute approximate surface area is 59.4 Å². The third-order valence-electron chi connectivity index (χ3n) is 1.21. The molecule has 1 amide bonds. The van der Waals surface area contributed by atoms with Gasteiger partial charge in [0.25, 0.3) is 0 Å². The summed E-state index contributed by atoms with van der Waals surface area (Å²) in [6.07, 6.45) is 5.90. The van der Waals surface area contributed by atoms with Crippen molar-refractivity contribution in [3.05, 3.63) is 25.2 Å². The number of rotatable bonds is 3. The highest BCUT2D eigenvalue weighted by Gasteiger charge is 2.06. The molecule has 0 saturated heterocycles. The molecule has 4 nitrogen and oxygen atoms in total. The van der Waals surface area contributed by atoms with E-state index in [1.807, 2.05) is 11.1 Å². The van der Waals surface area contributed by atoms with E-state index in [1.165, 1.54) is 0 Å². The molecule has 0 bridgehead atoms. The highest BCUT2D eigenvalue weighted by molar-refractivity contribution is 5.45. The van der Waals surface area contributed by atoms with Gasteiger partial charge < -0.3 is 4.90 Å². The number of carbonyl (C=O) groups excluding carboxylic acids is 1. The van der Waals surface area contributed by atoms with Gasteiger partial charge in [-0.05, 0) is 6.20 Å². The van der Waals surface area contributed by atoms with Gasteiger partial charge >= 0.3 is 0 Å². The molecule has 4 heteroatoms. The molecule has 1 aliphatic heterocycles. The van der Waals surface area contributed by atoms with E-state index in [0.29, 0.717) is 13.1 Å². The van der Waals surface area contributed by atoms with E-state index in [0.717, 1.165) is 0 Å². The number of hydrogen-bond acceptors (Lipinski definition) is 3. The van der Waals surface area contributed by atoms with Crippen LogP contribution in [0.1, 0.15) is 0 Å². The first kappa shape index (κ1) is 6.67. The van der Waals surface area contributed by atoms with Crippen molar-refractivity contribution in [3.63, 3.8) is 0 Å². The largest absolute Gasteiger partial charge is 0.334 e. The number of hydrazine groups is 1. The van der Waals surface area contributed by atoms with Crippen LogP contribution in [0.3, 0.4) is 0 Å². The molecule has 0 saturated carbocycles. The Hall–Kier alpha value is -1.45. The van der Waals surface area contributed by atoms with Gasteiger partial charge in [-0.2, -0.15) is 0 Å². The summed E-state index contributed by atoms with van der Waals surface area (Å²) in [5.74, 6) is 0. The van der Waals surface area contributed by atoms with Crippen LogP contribution in [0, 0.1) is 0 Å². The highest BCUT2D eigenvalue weighted by atomic mass is 16.1. The molecule has 0 spiro atoms. The topological polar surface area (TPSA) is 35.6 Å². The molecule has 0 atom stereocenters. The van der Waals surface area contributed by atoms with E-state index in [-0.39, 0.29) is 0 Å². The number of nitrogens with zero attached hydrogens (tertiary/aromatic N) is 2. The lowest BCUT2D eigenvalue weighted by molar-refractivity contribution is -0.112. The maximum atomic E-state index is 9.92. The standard InChI is InChI=1S/C6H9N3O/c1-2-8-3-4-9(6-8)7-5-10/h2-5H,1,6H2,(H,7,10). The van der Waals surface area contributed by atoms with Gasteiger partial charge in [0, 0.05) is 12.4 Å². The fourth-order valence-electron chi connectivity index (χ4n) is 0.706. The zero-order chi connectivity index (χ0) is 7.40. The summed E-state index contributed by atoms with van der Waals surface area (Å²) in [6, 6.07) is 0. The quantitative estimate of drug-likeness (QED) is 0.552. The van der Waals surface area contributed by atoms with Crippen molar-refractivity contribution in [1.29, 1.82) is 0 Å². The van der Waals surface area contributed by atoms with Gasteiger partial charge in [0.1, 0.15) is 6.67 Å². The second-order valence-electron chi connectivity index (χ2n) is 1.85. The average molecular weight is 139 g/mol. The molecule has 1 rings (SSSR count). The molecule has 54 valence electrons. The molecular weight excluding hydrogens is 130 g/mol. The molecule has 1 heterocycles. The maximum absolute atomic E-state index is 9.92. The Kier molecular flexibility index (Phi) is 1.94. The lowest BCUT2D eigenvalue weighted by Crippen LogP contribution is -2.33. The van der Waals surface area contributed by atoms with Gasteiger partial charge in [-0.3, -0.25) is 15.2 Å². The number of nitrogens with one attached hydrogen (secondary N) is 1. The Morgan fingerprint density at radius 1 is 1.60 bits per heavy atom. The summed E-state index contributed by atoms with van der Waals surface area (Å²) in [5.41, 5.74) is 2.49. The minimum absolute atomic E-state index is 0.627. The monoisotopic (exact) mass is 139 g/mol. The predicted octanol–water partition coefficient (Wildman–Crippen LogP) is -0.163. The lowest BCUT2D eigenvalue weighted by Gasteiger charge is -2.15. The maximum Gasteiger partial charge on any atom is 0.225 e.